The number of halogens is 7. The lowest BCUT2D eigenvalue weighted by Gasteiger charge is -2.12. The summed E-state index contributed by atoms with van der Waals surface area (Å²) in [6.45, 7) is -3.58. The van der Waals surface area contributed by atoms with Gasteiger partial charge in [-0.15, -0.1) is 13.2 Å². The second kappa shape index (κ2) is 4.68. The zero-order valence-corrected chi connectivity index (χ0v) is 7.69. The SMILES string of the molecule is Fc1ccc(OC(F)(F)F)c(F)c1OC(F)F. The van der Waals surface area contributed by atoms with Crippen LogP contribution in [0.25, 0.3) is 0 Å². The van der Waals surface area contributed by atoms with Crippen molar-refractivity contribution in [1.29, 1.82) is 0 Å². The number of hydrogen-bond donors (Lipinski definition) is 0. The van der Waals surface area contributed by atoms with E-state index in [4.69, 9.17) is 0 Å². The molecule has 0 aliphatic rings. The van der Waals surface area contributed by atoms with Crippen LogP contribution < -0.4 is 9.47 Å². The van der Waals surface area contributed by atoms with Crippen LogP contribution in [-0.4, -0.2) is 13.0 Å². The molecule has 17 heavy (non-hydrogen) atoms. The molecule has 1 aromatic carbocycles. The molecule has 0 radical (unpaired) electrons. The highest BCUT2D eigenvalue weighted by molar-refractivity contribution is 5.37. The van der Waals surface area contributed by atoms with Crippen molar-refractivity contribution >= 4 is 0 Å². The molecule has 2 nitrogen and oxygen atoms in total. The first-order chi connectivity index (χ1) is 7.70. The van der Waals surface area contributed by atoms with Crippen molar-refractivity contribution in [2.45, 2.75) is 13.0 Å². The van der Waals surface area contributed by atoms with E-state index in [9.17, 15) is 30.7 Å². The van der Waals surface area contributed by atoms with Crippen molar-refractivity contribution in [2.75, 3.05) is 0 Å². The number of benzene rings is 1. The third kappa shape index (κ3) is 3.68. The van der Waals surface area contributed by atoms with E-state index >= 15 is 0 Å². The molecule has 0 aromatic heterocycles. The molecule has 0 aliphatic carbocycles. The Balaban J connectivity index is 3.10. The maximum atomic E-state index is 13.1. The summed E-state index contributed by atoms with van der Waals surface area (Å²) in [6, 6.07) is 0.609. The monoisotopic (exact) mass is 264 g/mol. The number of hydrogen-bond acceptors (Lipinski definition) is 2. The molecular weight excluding hydrogens is 261 g/mol. The maximum Gasteiger partial charge on any atom is 0.573 e. The summed E-state index contributed by atoms with van der Waals surface area (Å²) in [5.41, 5.74) is 0. The molecule has 0 atom stereocenters. The first kappa shape index (κ1) is 13.4. The fourth-order valence-corrected chi connectivity index (χ4v) is 0.915. The molecule has 96 valence electrons. The van der Waals surface area contributed by atoms with E-state index in [2.05, 4.69) is 9.47 Å². The predicted octanol–water partition coefficient (Wildman–Crippen LogP) is 3.46. The highest BCUT2D eigenvalue weighted by Gasteiger charge is 2.33. The average Bonchev–Trinajstić information content (AvgIpc) is 2.15. The number of ether oxygens (including phenoxy) is 2. The van der Waals surface area contributed by atoms with Crippen molar-refractivity contribution in [3.8, 4) is 11.5 Å². The first-order valence-corrected chi connectivity index (χ1v) is 3.89. The molecule has 0 aliphatic heterocycles. The maximum absolute atomic E-state index is 13.1. The smallest absolute Gasteiger partial charge is 0.428 e. The minimum Gasteiger partial charge on any atom is -0.428 e. The van der Waals surface area contributed by atoms with E-state index in [1.165, 1.54) is 0 Å². The van der Waals surface area contributed by atoms with Gasteiger partial charge >= 0.3 is 13.0 Å². The van der Waals surface area contributed by atoms with Crippen LogP contribution in [0.1, 0.15) is 0 Å². The lowest BCUT2D eigenvalue weighted by Crippen LogP contribution is -2.18. The predicted molar refractivity (Wildman–Crippen MR) is 39.7 cm³/mol. The standard InChI is InChI=1S/C8H3F7O2/c9-3-1-2-4(17-8(13,14)15)5(10)6(3)16-7(11)12/h1-2,7H. The third-order valence-corrected chi connectivity index (χ3v) is 1.45. The summed E-state index contributed by atoms with van der Waals surface area (Å²) >= 11 is 0. The van der Waals surface area contributed by atoms with E-state index < -0.39 is 36.1 Å². The molecule has 0 fully saturated rings. The zero-order valence-electron chi connectivity index (χ0n) is 7.69. The van der Waals surface area contributed by atoms with Crippen molar-refractivity contribution in [3.63, 3.8) is 0 Å². The Morgan fingerprint density at radius 1 is 1.06 bits per heavy atom. The molecule has 0 unspecified atom stereocenters. The Hall–Kier alpha value is -1.67. The van der Waals surface area contributed by atoms with Gasteiger partial charge in [-0.25, -0.2) is 4.39 Å². The molecule has 0 saturated heterocycles. The molecule has 1 aromatic rings. The summed E-state index contributed by atoms with van der Waals surface area (Å²) < 4.78 is 91.1. The zero-order chi connectivity index (χ0) is 13.2. The highest BCUT2D eigenvalue weighted by atomic mass is 19.4. The summed E-state index contributed by atoms with van der Waals surface area (Å²) in [7, 11) is 0. The Morgan fingerprint density at radius 2 is 1.65 bits per heavy atom. The summed E-state index contributed by atoms with van der Waals surface area (Å²) in [5, 5.41) is 0. The van der Waals surface area contributed by atoms with Crippen molar-refractivity contribution in [1.82, 2.24) is 0 Å². The lowest BCUT2D eigenvalue weighted by atomic mass is 10.3. The molecule has 0 N–H and O–H groups in total. The van der Waals surface area contributed by atoms with E-state index in [-0.39, 0.29) is 0 Å². The van der Waals surface area contributed by atoms with Gasteiger partial charge in [-0.05, 0) is 12.1 Å². The summed E-state index contributed by atoms with van der Waals surface area (Å²) in [5.74, 6) is -6.67. The Labute approximate surface area is 89.5 Å². The second-order valence-corrected chi connectivity index (χ2v) is 2.61. The quantitative estimate of drug-likeness (QED) is 0.778. The van der Waals surface area contributed by atoms with Gasteiger partial charge in [-0.1, -0.05) is 0 Å². The van der Waals surface area contributed by atoms with Crippen molar-refractivity contribution in [3.05, 3.63) is 23.8 Å². The van der Waals surface area contributed by atoms with Crippen molar-refractivity contribution in [2.24, 2.45) is 0 Å². The lowest BCUT2D eigenvalue weighted by molar-refractivity contribution is -0.275. The van der Waals surface area contributed by atoms with Crippen LogP contribution in [0.5, 0.6) is 11.5 Å². The van der Waals surface area contributed by atoms with Gasteiger partial charge in [0.2, 0.25) is 11.6 Å². The van der Waals surface area contributed by atoms with Crippen LogP contribution in [0.2, 0.25) is 0 Å². The molecule has 0 heterocycles. The number of alkyl halides is 5. The Morgan fingerprint density at radius 3 is 2.12 bits per heavy atom. The Bertz CT molecular complexity index is 402. The van der Waals surface area contributed by atoms with Crippen LogP contribution in [0.3, 0.4) is 0 Å². The molecule has 0 saturated carbocycles. The van der Waals surface area contributed by atoms with Crippen LogP contribution >= 0.6 is 0 Å². The fourth-order valence-electron chi connectivity index (χ4n) is 0.915. The normalized spacial score (nSPS) is 11.8. The molecule has 0 spiro atoms. The Kier molecular flexibility index (Phi) is 3.69. The van der Waals surface area contributed by atoms with E-state index in [0.717, 1.165) is 0 Å². The van der Waals surface area contributed by atoms with Gasteiger partial charge in [0.05, 0.1) is 0 Å². The summed E-state index contributed by atoms with van der Waals surface area (Å²) in [4.78, 5) is 0. The van der Waals surface area contributed by atoms with Gasteiger partial charge in [0.15, 0.2) is 11.6 Å². The molecule has 9 heteroatoms. The van der Waals surface area contributed by atoms with E-state index in [0.29, 0.717) is 12.1 Å². The minimum absolute atomic E-state index is 0.302. The van der Waals surface area contributed by atoms with E-state index in [1.54, 1.807) is 0 Å². The van der Waals surface area contributed by atoms with Gasteiger partial charge < -0.3 is 9.47 Å². The van der Waals surface area contributed by atoms with Crippen LogP contribution in [0.4, 0.5) is 30.7 Å². The van der Waals surface area contributed by atoms with E-state index in [1.807, 2.05) is 0 Å². The highest BCUT2D eigenvalue weighted by Crippen LogP contribution is 2.33. The molecular formula is C8H3F7O2. The first-order valence-electron chi connectivity index (χ1n) is 3.89. The topological polar surface area (TPSA) is 18.5 Å². The van der Waals surface area contributed by atoms with Crippen molar-refractivity contribution < 1.29 is 40.2 Å². The van der Waals surface area contributed by atoms with Gasteiger partial charge in [0.25, 0.3) is 0 Å². The molecule has 1 rings (SSSR count). The van der Waals surface area contributed by atoms with Gasteiger partial charge in [0.1, 0.15) is 0 Å². The largest absolute Gasteiger partial charge is 0.573 e. The van der Waals surface area contributed by atoms with Crippen LogP contribution in [0, 0.1) is 11.6 Å². The van der Waals surface area contributed by atoms with Crippen LogP contribution in [0.15, 0.2) is 12.1 Å². The second-order valence-electron chi connectivity index (χ2n) is 2.61. The van der Waals surface area contributed by atoms with Gasteiger partial charge in [0, 0.05) is 0 Å². The molecule has 0 bridgehead atoms. The third-order valence-electron chi connectivity index (χ3n) is 1.45. The minimum atomic E-state index is -5.24. The summed E-state index contributed by atoms with van der Waals surface area (Å²) in [6.07, 6.45) is -5.24. The molecule has 0 amide bonds. The average molecular weight is 264 g/mol. The van der Waals surface area contributed by atoms with Crippen LogP contribution in [-0.2, 0) is 0 Å². The van der Waals surface area contributed by atoms with Gasteiger partial charge in [-0.3, -0.25) is 0 Å². The number of rotatable bonds is 3. The fraction of sp³-hybridized carbons (Fsp3) is 0.250. The van der Waals surface area contributed by atoms with Gasteiger partial charge in [-0.2, -0.15) is 13.2 Å².